The van der Waals surface area contributed by atoms with Crippen LogP contribution in [-0.4, -0.2) is 28.8 Å². The molecule has 1 atom stereocenters. The van der Waals surface area contributed by atoms with E-state index in [0.717, 1.165) is 19.4 Å². The zero-order chi connectivity index (χ0) is 11.4. The molecule has 1 aliphatic rings. The van der Waals surface area contributed by atoms with Crippen LogP contribution in [0.25, 0.3) is 0 Å². The van der Waals surface area contributed by atoms with E-state index in [2.05, 4.69) is 13.8 Å². The van der Waals surface area contributed by atoms with Gasteiger partial charge in [-0.25, -0.2) is 0 Å². The minimum Gasteiger partial charge on any atom is -0.338 e. The fourth-order valence-electron chi connectivity index (χ4n) is 2.26. The lowest BCUT2D eigenvalue weighted by molar-refractivity contribution is -0.133. The predicted octanol–water partition coefficient (Wildman–Crippen LogP) is 3.04. The summed E-state index contributed by atoms with van der Waals surface area (Å²) in [6.45, 7) is 6.91. The summed E-state index contributed by atoms with van der Waals surface area (Å²) in [6, 6.07) is 0.445. The van der Waals surface area contributed by atoms with Crippen LogP contribution in [0.4, 0.5) is 0 Å². The third kappa shape index (κ3) is 3.67. The average molecular weight is 232 g/mol. The standard InChI is InChI=1S/C12H22ClNO/c1-9(2)8-14(12(15)10(3)13)11-6-4-5-7-11/h9-11H,4-8H2,1-3H3. The van der Waals surface area contributed by atoms with Gasteiger partial charge in [-0.05, 0) is 25.7 Å². The molecule has 0 spiro atoms. The number of nitrogens with zero attached hydrogens (tertiary/aromatic N) is 1. The largest absolute Gasteiger partial charge is 0.338 e. The van der Waals surface area contributed by atoms with Crippen molar-refractivity contribution in [1.29, 1.82) is 0 Å². The Morgan fingerprint density at radius 2 is 1.87 bits per heavy atom. The summed E-state index contributed by atoms with van der Waals surface area (Å²) in [4.78, 5) is 14.0. The second-order valence-electron chi connectivity index (χ2n) is 4.94. The number of rotatable bonds is 4. The first-order chi connectivity index (χ1) is 7.02. The molecule has 0 aromatic carbocycles. The molecule has 0 aliphatic heterocycles. The highest BCUT2D eigenvalue weighted by Gasteiger charge is 2.28. The molecule has 88 valence electrons. The van der Waals surface area contributed by atoms with Crippen molar-refractivity contribution in [1.82, 2.24) is 4.90 Å². The Morgan fingerprint density at radius 3 is 2.27 bits per heavy atom. The molecule has 3 heteroatoms. The molecular formula is C12H22ClNO. The fraction of sp³-hybridized carbons (Fsp3) is 0.917. The minimum absolute atomic E-state index is 0.109. The molecule has 0 aromatic rings. The summed E-state index contributed by atoms with van der Waals surface area (Å²) < 4.78 is 0. The Kier molecular flexibility index (Phi) is 4.91. The van der Waals surface area contributed by atoms with E-state index < -0.39 is 0 Å². The van der Waals surface area contributed by atoms with E-state index in [1.54, 1.807) is 6.92 Å². The third-order valence-electron chi connectivity index (χ3n) is 2.95. The lowest BCUT2D eigenvalue weighted by Crippen LogP contribution is -2.44. The average Bonchev–Trinajstić information content (AvgIpc) is 2.65. The number of alkyl halides is 1. The Labute approximate surface area is 98.0 Å². The predicted molar refractivity (Wildman–Crippen MR) is 64.1 cm³/mol. The lowest BCUT2D eigenvalue weighted by Gasteiger charge is -2.31. The molecule has 1 fully saturated rings. The topological polar surface area (TPSA) is 20.3 Å². The van der Waals surface area contributed by atoms with Crippen molar-refractivity contribution in [3.05, 3.63) is 0 Å². The van der Waals surface area contributed by atoms with Gasteiger partial charge in [0.1, 0.15) is 5.38 Å². The Hall–Kier alpha value is -0.240. The quantitative estimate of drug-likeness (QED) is 0.681. The highest BCUT2D eigenvalue weighted by molar-refractivity contribution is 6.30. The summed E-state index contributed by atoms with van der Waals surface area (Å²) >= 11 is 5.89. The van der Waals surface area contributed by atoms with Crippen molar-refractivity contribution in [3.63, 3.8) is 0 Å². The number of carbonyl (C=O) groups excluding carboxylic acids is 1. The molecule has 0 heterocycles. The van der Waals surface area contributed by atoms with Crippen LogP contribution in [0.1, 0.15) is 46.5 Å². The van der Waals surface area contributed by atoms with Gasteiger partial charge in [0, 0.05) is 12.6 Å². The monoisotopic (exact) mass is 231 g/mol. The SMILES string of the molecule is CC(C)CN(C(=O)C(C)Cl)C1CCCC1. The third-order valence-corrected chi connectivity index (χ3v) is 3.14. The van der Waals surface area contributed by atoms with Gasteiger partial charge in [-0.15, -0.1) is 11.6 Å². The van der Waals surface area contributed by atoms with Gasteiger partial charge in [0.05, 0.1) is 0 Å². The Balaban J connectivity index is 2.63. The van der Waals surface area contributed by atoms with E-state index in [9.17, 15) is 4.79 Å². The zero-order valence-electron chi connectivity index (χ0n) is 10.0. The van der Waals surface area contributed by atoms with Crippen LogP contribution in [0, 0.1) is 5.92 Å². The molecule has 0 bridgehead atoms. The van der Waals surface area contributed by atoms with Gasteiger partial charge in [-0.2, -0.15) is 0 Å². The maximum Gasteiger partial charge on any atom is 0.240 e. The van der Waals surface area contributed by atoms with Crippen molar-refractivity contribution in [3.8, 4) is 0 Å². The van der Waals surface area contributed by atoms with E-state index >= 15 is 0 Å². The van der Waals surface area contributed by atoms with Crippen LogP contribution in [0.3, 0.4) is 0 Å². The first-order valence-electron chi connectivity index (χ1n) is 5.97. The number of carbonyl (C=O) groups is 1. The maximum absolute atomic E-state index is 12.0. The highest BCUT2D eigenvalue weighted by Crippen LogP contribution is 2.25. The normalized spacial score (nSPS) is 19.5. The fourth-order valence-corrected chi connectivity index (χ4v) is 2.38. The van der Waals surface area contributed by atoms with Crippen LogP contribution < -0.4 is 0 Å². The van der Waals surface area contributed by atoms with E-state index in [1.807, 2.05) is 4.90 Å². The molecule has 15 heavy (non-hydrogen) atoms. The van der Waals surface area contributed by atoms with E-state index in [-0.39, 0.29) is 11.3 Å². The zero-order valence-corrected chi connectivity index (χ0v) is 10.8. The van der Waals surface area contributed by atoms with Gasteiger partial charge in [-0.3, -0.25) is 4.79 Å². The van der Waals surface area contributed by atoms with Crippen LogP contribution >= 0.6 is 11.6 Å². The molecule has 1 amide bonds. The summed E-state index contributed by atoms with van der Waals surface area (Å²) in [7, 11) is 0. The van der Waals surface area contributed by atoms with Crippen molar-refractivity contribution < 1.29 is 4.79 Å². The molecule has 2 nitrogen and oxygen atoms in total. The first-order valence-corrected chi connectivity index (χ1v) is 6.40. The molecule has 0 N–H and O–H groups in total. The van der Waals surface area contributed by atoms with Gasteiger partial charge in [-0.1, -0.05) is 26.7 Å². The van der Waals surface area contributed by atoms with Gasteiger partial charge in [0.2, 0.25) is 5.91 Å². The van der Waals surface area contributed by atoms with Crippen molar-refractivity contribution in [2.45, 2.75) is 57.9 Å². The maximum atomic E-state index is 12.0. The van der Waals surface area contributed by atoms with Crippen LogP contribution in [0.5, 0.6) is 0 Å². The number of hydrogen-bond donors (Lipinski definition) is 0. The number of hydrogen-bond acceptors (Lipinski definition) is 1. The van der Waals surface area contributed by atoms with Crippen LogP contribution in [0.2, 0.25) is 0 Å². The summed E-state index contributed by atoms with van der Waals surface area (Å²) in [6.07, 6.45) is 4.82. The van der Waals surface area contributed by atoms with E-state index in [1.165, 1.54) is 12.8 Å². The van der Waals surface area contributed by atoms with Gasteiger partial charge >= 0.3 is 0 Å². The molecule has 1 rings (SSSR count). The minimum atomic E-state index is -0.385. The summed E-state index contributed by atoms with van der Waals surface area (Å²) in [5.41, 5.74) is 0. The lowest BCUT2D eigenvalue weighted by atomic mass is 10.1. The molecule has 0 radical (unpaired) electrons. The summed E-state index contributed by atoms with van der Waals surface area (Å²) in [5.74, 6) is 0.627. The van der Waals surface area contributed by atoms with Gasteiger partial charge in [0.25, 0.3) is 0 Å². The molecule has 0 aromatic heterocycles. The Morgan fingerprint density at radius 1 is 1.33 bits per heavy atom. The second-order valence-corrected chi connectivity index (χ2v) is 5.59. The first kappa shape index (κ1) is 12.8. The number of halogens is 1. The molecular weight excluding hydrogens is 210 g/mol. The van der Waals surface area contributed by atoms with E-state index in [0.29, 0.717) is 12.0 Å². The molecule has 1 aliphatic carbocycles. The smallest absolute Gasteiger partial charge is 0.240 e. The van der Waals surface area contributed by atoms with Crippen molar-refractivity contribution >= 4 is 17.5 Å². The molecule has 1 saturated carbocycles. The van der Waals surface area contributed by atoms with Crippen molar-refractivity contribution in [2.75, 3.05) is 6.54 Å². The van der Waals surface area contributed by atoms with Gasteiger partial charge in [0.15, 0.2) is 0 Å². The van der Waals surface area contributed by atoms with Crippen LogP contribution in [-0.2, 0) is 4.79 Å². The van der Waals surface area contributed by atoms with Gasteiger partial charge < -0.3 is 4.90 Å². The molecule has 0 saturated heterocycles. The second kappa shape index (κ2) is 5.74. The van der Waals surface area contributed by atoms with Crippen molar-refractivity contribution in [2.24, 2.45) is 5.92 Å². The highest BCUT2D eigenvalue weighted by atomic mass is 35.5. The Bertz CT molecular complexity index is 210. The van der Waals surface area contributed by atoms with E-state index in [4.69, 9.17) is 11.6 Å². The number of amides is 1. The van der Waals surface area contributed by atoms with Crippen LogP contribution in [0.15, 0.2) is 0 Å². The summed E-state index contributed by atoms with van der Waals surface area (Å²) in [5, 5.41) is -0.385. The molecule has 1 unspecified atom stereocenters.